The van der Waals surface area contributed by atoms with Crippen LogP contribution in [0.5, 0.6) is 0 Å². The molecule has 0 radical (unpaired) electrons. The van der Waals surface area contributed by atoms with E-state index < -0.39 is 11.7 Å². The minimum absolute atomic E-state index is 0. The number of thioether (sulfide) groups is 1. The largest absolute Gasteiger partial charge is 0.416 e. The number of alkyl halides is 3. The highest BCUT2D eigenvalue weighted by atomic mass is 79.9. The summed E-state index contributed by atoms with van der Waals surface area (Å²) in [7, 11) is 1.61. The van der Waals surface area contributed by atoms with Gasteiger partial charge in [-0.05, 0) is 52.1 Å². The average molecular weight is 557 g/mol. The van der Waals surface area contributed by atoms with E-state index in [-0.39, 0.29) is 28.1 Å². The SMILES string of the molecule is Br.CSc1c(Cl)nc(N(C)c2cccc(C(F)(F)F)c2)nc1NCCN(C(C)C)C(C)C. The van der Waals surface area contributed by atoms with Gasteiger partial charge in [-0.3, -0.25) is 4.90 Å². The molecule has 0 aliphatic rings. The zero-order valence-corrected chi connectivity index (χ0v) is 22.3. The molecule has 1 heterocycles. The molecule has 1 N–H and O–H groups in total. The third kappa shape index (κ3) is 7.40. The van der Waals surface area contributed by atoms with Gasteiger partial charge in [0.05, 0.1) is 10.5 Å². The Bertz CT molecular complexity index is 875. The number of halogens is 5. The van der Waals surface area contributed by atoms with Gasteiger partial charge in [-0.25, -0.2) is 0 Å². The topological polar surface area (TPSA) is 44.3 Å². The Kier molecular flexibility index (Phi) is 11.1. The molecule has 0 atom stereocenters. The van der Waals surface area contributed by atoms with Crippen LogP contribution in [0.15, 0.2) is 29.2 Å². The first kappa shape index (κ1) is 28.8. The summed E-state index contributed by atoms with van der Waals surface area (Å²) >= 11 is 7.80. The van der Waals surface area contributed by atoms with Gasteiger partial charge in [0.15, 0.2) is 0 Å². The molecule has 0 fully saturated rings. The number of hydrogen-bond donors (Lipinski definition) is 1. The molecule has 0 unspecified atom stereocenters. The van der Waals surface area contributed by atoms with Crippen LogP contribution in [-0.2, 0) is 6.18 Å². The molecule has 1 aromatic heterocycles. The second-order valence-electron chi connectivity index (χ2n) is 7.66. The Morgan fingerprint density at radius 2 is 1.75 bits per heavy atom. The fraction of sp³-hybridized carbons (Fsp3) is 0.524. The first-order chi connectivity index (χ1) is 14.5. The van der Waals surface area contributed by atoms with Crippen LogP contribution < -0.4 is 10.2 Å². The lowest BCUT2D eigenvalue weighted by molar-refractivity contribution is -0.137. The molecule has 0 saturated heterocycles. The second kappa shape index (κ2) is 12.3. The van der Waals surface area contributed by atoms with Crippen molar-refractivity contribution in [3.8, 4) is 0 Å². The van der Waals surface area contributed by atoms with Crippen LogP contribution in [0.2, 0.25) is 5.15 Å². The third-order valence-electron chi connectivity index (χ3n) is 4.87. The van der Waals surface area contributed by atoms with Gasteiger partial charge in [-0.2, -0.15) is 23.1 Å². The number of benzene rings is 1. The Hall–Kier alpha value is -1.23. The highest BCUT2D eigenvalue weighted by Crippen LogP contribution is 2.35. The van der Waals surface area contributed by atoms with Gasteiger partial charge in [0.25, 0.3) is 0 Å². The van der Waals surface area contributed by atoms with E-state index in [1.54, 1.807) is 13.1 Å². The summed E-state index contributed by atoms with van der Waals surface area (Å²) in [5.41, 5.74) is -0.413. The van der Waals surface area contributed by atoms with E-state index in [4.69, 9.17) is 11.6 Å². The quantitative estimate of drug-likeness (QED) is 0.272. The Balaban J connectivity index is 0.00000512. The molecule has 32 heavy (non-hydrogen) atoms. The summed E-state index contributed by atoms with van der Waals surface area (Å²) < 4.78 is 39.3. The number of nitrogens with zero attached hydrogens (tertiary/aromatic N) is 4. The van der Waals surface area contributed by atoms with E-state index in [0.717, 1.165) is 18.7 Å². The molecule has 180 valence electrons. The van der Waals surface area contributed by atoms with Crippen LogP contribution in [0.4, 0.5) is 30.6 Å². The highest BCUT2D eigenvalue weighted by molar-refractivity contribution is 8.93. The molecule has 0 amide bonds. The molecule has 0 spiro atoms. The van der Waals surface area contributed by atoms with Crippen molar-refractivity contribution in [2.24, 2.45) is 0 Å². The molecule has 0 bridgehead atoms. The maximum absolute atomic E-state index is 13.1. The lowest BCUT2D eigenvalue weighted by Gasteiger charge is -2.30. The molecule has 1 aromatic carbocycles. The van der Waals surface area contributed by atoms with Crippen LogP contribution in [0, 0.1) is 0 Å². The maximum atomic E-state index is 13.1. The zero-order valence-electron chi connectivity index (χ0n) is 19.0. The first-order valence-corrected chi connectivity index (χ1v) is 11.6. The van der Waals surface area contributed by atoms with Crippen molar-refractivity contribution in [3.05, 3.63) is 35.0 Å². The Labute approximate surface area is 207 Å². The van der Waals surface area contributed by atoms with Crippen molar-refractivity contribution < 1.29 is 13.2 Å². The molecule has 2 aromatic rings. The lowest BCUT2D eigenvalue weighted by atomic mass is 10.2. The zero-order chi connectivity index (χ0) is 23.3. The summed E-state index contributed by atoms with van der Waals surface area (Å²) in [5, 5.41) is 3.58. The molecule has 0 aliphatic heterocycles. The molecule has 11 heteroatoms. The summed E-state index contributed by atoms with van der Waals surface area (Å²) in [5.74, 6) is 0.781. The molecule has 0 saturated carbocycles. The molecule has 5 nitrogen and oxygen atoms in total. The molecule has 0 aliphatic carbocycles. The van der Waals surface area contributed by atoms with Crippen LogP contribution >= 0.6 is 40.3 Å². The number of aromatic nitrogens is 2. The van der Waals surface area contributed by atoms with Gasteiger partial charge in [-0.15, -0.1) is 28.7 Å². The van der Waals surface area contributed by atoms with E-state index in [2.05, 4.69) is 47.9 Å². The van der Waals surface area contributed by atoms with Gasteiger partial charge in [-0.1, -0.05) is 17.7 Å². The van der Waals surface area contributed by atoms with Crippen molar-refractivity contribution in [2.75, 3.05) is 36.6 Å². The van der Waals surface area contributed by atoms with Crippen molar-refractivity contribution in [3.63, 3.8) is 0 Å². The lowest BCUT2D eigenvalue weighted by Crippen LogP contribution is -2.40. The molecule has 2 rings (SSSR count). The van der Waals surface area contributed by atoms with Gasteiger partial charge < -0.3 is 10.2 Å². The van der Waals surface area contributed by atoms with Gasteiger partial charge >= 0.3 is 6.18 Å². The summed E-state index contributed by atoms with van der Waals surface area (Å²) in [6.07, 6.45) is -2.55. The smallest absolute Gasteiger partial charge is 0.368 e. The molecular formula is C21H30BrClF3N5S. The third-order valence-corrected chi connectivity index (χ3v) is 6.05. The number of nitrogens with one attached hydrogen (secondary N) is 1. The van der Waals surface area contributed by atoms with Crippen molar-refractivity contribution in [1.82, 2.24) is 14.9 Å². The first-order valence-electron chi connectivity index (χ1n) is 9.97. The van der Waals surface area contributed by atoms with E-state index >= 15 is 0 Å². The van der Waals surface area contributed by atoms with Gasteiger partial charge in [0.2, 0.25) is 5.95 Å². The van der Waals surface area contributed by atoms with Crippen molar-refractivity contribution >= 4 is 57.8 Å². The average Bonchev–Trinajstić information content (AvgIpc) is 2.69. The normalized spacial score (nSPS) is 11.8. The van der Waals surface area contributed by atoms with Crippen LogP contribution in [0.1, 0.15) is 33.3 Å². The fourth-order valence-corrected chi connectivity index (χ4v) is 4.21. The second-order valence-corrected chi connectivity index (χ2v) is 8.83. The minimum Gasteiger partial charge on any atom is -0.368 e. The van der Waals surface area contributed by atoms with E-state index in [0.29, 0.717) is 35.0 Å². The highest BCUT2D eigenvalue weighted by Gasteiger charge is 2.31. The predicted octanol–water partition coefficient (Wildman–Crippen LogP) is 6.75. The standard InChI is InChI=1S/C21H29ClF3N5S.BrH/c1-13(2)30(14(3)4)11-10-26-19-17(31-6)18(22)27-20(28-19)29(5)16-9-7-8-15(12-16)21(23,24)25;/h7-9,12-14H,10-11H2,1-6H3,(H,26,27,28);1H. The van der Waals surface area contributed by atoms with Crippen LogP contribution in [0.25, 0.3) is 0 Å². The summed E-state index contributed by atoms with van der Waals surface area (Å²) in [6, 6.07) is 5.83. The Morgan fingerprint density at radius 1 is 1.12 bits per heavy atom. The Morgan fingerprint density at radius 3 is 2.28 bits per heavy atom. The van der Waals surface area contributed by atoms with E-state index in [1.807, 2.05) is 6.26 Å². The summed E-state index contributed by atoms with van der Waals surface area (Å²) in [6.45, 7) is 10.1. The predicted molar refractivity (Wildman–Crippen MR) is 134 cm³/mol. The summed E-state index contributed by atoms with van der Waals surface area (Å²) in [4.78, 5) is 13.4. The van der Waals surface area contributed by atoms with Crippen LogP contribution in [0.3, 0.4) is 0 Å². The van der Waals surface area contributed by atoms with E-state index in [9.17, 15) is 13.2 Å². The minimum atomic E-state index is -4.43. The van der Waals surface area contributed by atoms with Crippen molar-refractivity contribution in [1.29, 1.82) is 0 Å². The monoisotopic (exact) mass is 555 g/mol. The number of anilines is 3. The van der Waals surface area contributed by atoms with E-state index in [1.165, 1.54) is 22.7 Å². The fourth-order valence-electron chi connectivity index (χ4n) is 3.29. The van der Waals surface area contributed by atoms with Gasteiger partial charge in [0.1, 0.15) is 11.0 Å². The maximum Gasteiger partial charge on any atom is 0.416 e. The number of hydrogen-bond acceptors (Lipinski definition) is 6. The van der Waals surface area contributed by atoms with Crippen LogP contribution in [-0.4, -0.2) is 53.3 Å². The van der Waals surface area contributed by atoms with Gasteiger partial charge in [0, 0.05) is 37.9 Å². The van der Waals surface area contributed by atoms with Crippen molar-refractivity contribution in [2.45, 2.75) is 50.9 Å². The molecular weight excluding hydrogens is 527 g/mol. The number of rotatable bonds is 9.